The number of aromatic nitrogens is 2. The van der Waals surface area contributed by atoms with Gasteiger partial charge in [-0.1, -0.05) is 0 Å². The Kier molecular flexibility index (Phi) is 3.26. The van der Waals surface area contributed by atoms with E-state index in [0.717, 1.165) is 0 Å². The molecule has 0 saturated carbocycles. The van der Waals surface area contributed by atoms with E-state index >= 15 is 0 Å². The Morgan fingerprint density at radius 3 is 2.83 bits per heavy atom. The molecule has 0 radical (unpaired) electrons. The van der Waals surface area contributed by atoms with Crippen LogP contribution in [0.4, 0.5) is 0 Å². The Labute approximate surface area is 102 Å². The second-order valence-corrected chi connectivity index (χ2v) is 4.00. The average Bonchev–Trinajstić information content (AvgIpc) is 2.76. The standard InChI is InChI=1S/C10H12N4O4/c15-8-2-6(13-8)9(16)14-7(10(17)18)1-5-3-11-4-12-5/h3-4,6-7H,1-2H2,(H,11,12)(H,13,15)(H,14,16)(H,17,18)/t6?,7-/m0/s1. The molecule has 1 aromatic rings. The summed E-state index contributed by atoms with van der Waals surface area (Å²) >= 11 is 0. The zero-order valence-electron chi connectivity index (χ0n) is 9.34. The number of aromatic amines is 1. The van der Waals surface area contributed by atoms with Crippen molar-refractivity contribution in [2.75, 3.05) is 0 Å². The van der Waals surface area contributed by atoms with Gasteiger partial charge in [-0.05, 0) is 0 Å². The number of carboxylic acid groups (broad SMARTS) is 1. The number of hydrogen-bond donors (Lipinski definition) is 4. The monoisotopic (exact) mass is 252 g/mol. The first-order valence-electron chi connectivity index (χ1n) is 5.36. The lowest BCUT2D eigenvalue weighted by Crippen LogP contribution is -2.59. The minimum atomic E-state index is -1.14. The van der Waals surface area contributed by atoms with Gasteiger partial charge in [-0.2, -0.15) is 0 Å². The van der Waals surface area contributed by atoms with Gasteiger partial charge < -0.3 is 20.7 Å². The minimum Gasteiger partial charge on any atom is -0.480 e. The molecule has 2 amide bonds. The molecule has 1 aliphatic rings. The van der Waals surface area contributed by atoms with Crippen LogP contribution in [-0.2, 0) is 20.8 Å². The van der Waals surface area contributed by atoms with E-state index in [1.165, 1.54) is 12.5 Å². The summed E-state index contributed by atoms with van der Waals surface area (Å²) in [5, 5.41) is 13.8. The maximum atomic E-state index is 11.6. The number of carboxylic acids is 1. The average molecular weight is 252 g/mol. The normalized spacial score (nSPS) is 19.6. The molecule has 8 nitrogen and oxygen atoms in total. The van der Waals surface area contributed by atoms with Gasteiger partial charge in [0.25, 0.3) is 0 Å². The molecule has 0 aromatic carbocycles. The van der Waals surface area contributed by atoms with Crippen LogP contribution in [0.1, 0.15) is 12.1 Å². The lowest BCUT2D eigenvalue weighted by atomic mass is 10.0. The molecule has 2 heterocycles. The summed E-state index contributed by atoms with van der Waals surface area (Å²) in [5.41, 5.74) is 0.611. The number of amides is 2. The van der Waals surface area contributed by atoms with Gasteiger partial charge in [-0.15, -0.1) is 0 Å². The largest absolute Gasteiger partial charge is 0.480 e. The smallest absolute Gasteiger partial charge is 0.326 e. The number of carbonyl (C=O) groups is 3. The van der Waals surface area contributed by atoms with E-state index in [2.05, 4.69) is 20.6 Å². The Balaban J connectivity index is 1.92. The van der Waals surface area contributed by atoms with E-state index in [1.54, 1.807) is 0 Å². The second-order valence-electron chi connectivity index (χ2n) is 4.00. The number of carbonyl (C=O) groups excluding carboxylic acids is 2. The molecule has 2 atom stereocenters. The van der Waals surface area contributed by atoms with E-state index in [0.29, 0.717) is 5.69 Å². The van der Waals surface area contributed by atoms with Crippen molar-refractivity contribution in [3.63, 3.8) is 0 Å². The summed E-state index contributed by atoms with van der Waals surface area (Å²) in [6.45, 7) is 0. The van der Waals surface area contributed by atoms with Crippen LogP contribution < -0.4 is 10.6 Å². The fourth-order valence-electron chi connectivity index (χ4n) is 1.61. The predicted octanol–water partition coefficient (Wildman–Crippen LogP) is -1.59. The Hall–Kier alpha value is -2.38. The minimum absolute atomic E-state index is 0.0994. The molecule has 2 rings (SSSR count). The van der Waals surface area contributed by atoms with Gasteiger partial charge in [0.15, 0.2) is 0 Å². The fourth-order valence-corrected chi connectivity index (χ4v) is 1.61. The number of imidazole rings is 1. The maximum Gasteiger partial charge on any atom is 0.326 e. The molecule has 1 unspecified atom stereocenters. The van der Waals surface area contributed by atoms with Crippen LogP contribution in [0.2, 0.25) is 0 Å². The molecule has 4 N–H and O–H groups in total. The van der Waals surface area contributed by atoms with E-state index < -0.39 is 24.0 Å². The van der Waals surface area contributed by atoms with Crippen molar-refractivity contribution in [1.82, 2.24) is 20.6 Å². The molecule has 0 bridgehead atoms. The number of hydrogen-bond acceptors (Lipinski definition) is 4. The first-order chi connectivity index (χ1) is 8.56. The number of aliphatic carboxylic acids is 1. The van der Waals surface area contributed by atoms with Gasteiger partial charge >= 0.3 is 5.97 Å². The van der Waals surface area contributed by atoms with Crippen molar-refractivity contribution in [3.05, 3.63) is 18.2 Å². The number of β-lactam (4-membered cyclic amide) rings is 1. The SMILES string of the molecule is O=C1CC(C(=O)N[C@@H](Cc2cnc[nH]2)C(=O)O)N1. The number of H-pyrrole nitrogens is 1. The van der Waals surface area contributed by atoms with Gasteiger partial charge in [0, 0.05) is 18.3 Å². The molecule has 18 heavy (non-hydrogen) atoms. The molecule has 1 aliphatic heterocycles. The highest BCUT2D eigenvalue weighted by Gasteiger charge is 2.34. The molecule has 1 saturated heterocycles. The molecule has 1 fully saturated rings. The molecular formula is C10H12N4O4. The number of nitrogens with one attached hydrogen (secondary N) is 3. The summed E-state index contributed by atoms with van der Waals surface area (Å²) in [6, 6.07) is -1.67. The van der Waals surface area contributed by atoms with Crippen LogP contribution in [0, 0.1) is 0 Å². The summed E-state index contributed by atoms with van der Waals surface area (Å²) in [6.07, 6.45) is 3.14. The number of rotatable bonds is 5. The van der Waals surface area contributed by atoms with Crippen molar-refractivity contribution in [1.29, 1.82) is 0 Å². The fraction of sp³-hybridized carbons (Fsp3) is 0.400. The molecular weight excluding hydrogens is 240 g/mol. The highest BCUT2D eigenvalue weighted by Crippen LogP contribution is 2.05. The zero-order valence-corrected chi connectivity index (χ0v) is 9.34. The molecule has 96 valence electrons. The van der Waals surface area contributed by atoms with E-state index in [-0.39, 0.29) is 18.7 Å². The van der Waals surface area contributed by atoms with Crippen LogP contribution in [-0.4, -0.2) is 44.9 Å². The van der Waals surface area contributed by atoms with Gasteiger partial charge in [0.2, 0.25) is 11.8 Å². The van der Waals surface area contributed by atoms with E-state index in [1.807, 2.05) is 0 Å². The quantitative estimate of drug-likeness (QED) is 0.470. The first kappa shape index (κ1) is 12.1. The van der Waals surface area contributed by atoms with Crippen LogP contribution in [0.15, 0.2) is 12.5 Å². The van der Waals surface area contributed by atoms with Crippen molar-refractivity contribution in [2.24, 2.45) is 0 Å². The zero-order chi connectivity index (χ0) is 13.1. The molecule has 0 aliphatic carbocycles. The second kappa shape index (κ2) is 4.86. The highest BCUT2D eigenvalue weighted by atomic mass is 16.4. The summed E-state index contributed by atoms with van der Waals surface area (Å²) in [4.78, 5) is 39.8. The van der Waals surface area contributed by atoms with Crippen molar-refractivity contribution in [2.45, 2.75) is 24.9 Å². The Morgan fingerprint density at radius 1 is 1.61 bits per heavy atom. The van der Waals surface area contributed by atoms with E-state index in [4.69, 9.17) is 5.11 Å². The summed E-state index contributed by atoms with van der Waals surface area (Å²) < 4.78 is 0. The van der Waals surface area contributed by atoms with Crippen LogP contribution in [0.25, 0.3) is 0 Å². The third-order valence-electron chi connectivity index (χ3n) is 2.63. The van der Waals surface area contributed by atoms with Crippen molar-refractivity contribution < 1.29 is 19.5 Å². The Morgan fingerprint density at radius 2 is 2.33 bits per heavy atom. The lowest BCUT2D eigenvalue weighted by molar-refractivity contribution is -0.143. The highest BCUT2D eigenvalue weighted by molar-refractivity contribution is 5.98. The van der Waals surface area contributed by atoms with Gasteiger partial charge in [-0.3, -0.25) is 9.59 Å². The lowest BCUT2D eigenvalue weighted by Gasteiger charge is -2.27. The van der Waals surface area contributed by atoms with Gasteiger partial charge in [0.1, 0.15) is 12.1 Å². The van der Waals surface area contributed by atoms with E-state index in [9.17, 15) is 14.4 Å². The third kappa shape index (κ3) is 2.65. The van der Waals surface area contributed by atoms with Crippen molar-refractivity contribution >= 4 is 17.8 Å². The summed E-state index contributed by atoms with van der Waals surface area (Å²) in [7, 11) is 0. The summed E-state index contributed by atoms with van der Waals surface area (Å²) in [5.74, 6) is -1.83. The molecule has 8 heteroatoms. The van der Waals surface area contributed by atoms with Crippen molar-refractivity contribution in [3.8, 4) is 0 Å². The maximum absolute atomic E-state index is 11.6. The Bertz CT molecular complexity index is 462. The number of nitrogens with zero attached hydrogens (tertiary/aromatic N) is 1. The predicted molar refractivity (Wildman–Crippen MR) is 58.4 cm³/mol. The first-order valence-corrected chi connectivity index (χ1v) is 5.36. The topological polar surface area (TPSA) is 124 Å². The van der Waals surface area contributed by atoms with Crippen LogP contribution >= 0.6 is 0 Å². The van der Waals surface area contributed by atoms with Gasteiger partial charge in [0.05, 0.1) is 12.7 Å². The third-order valence-corrected chi connectivity index (χ3v) is 2.63. The molecule has 1 aromatic heterocycles. The van der Waals surface area contributed by atoms with Gasteiger partial charge in [-0.25, -0.2) is 9.78 Å². The van der Waals surface area contributed by atoms with Crippen LogP contribution in [0.5, 0.6) is 0 Å². The molecule has 0 spiro atoms. The van der Waals surface area contributed by atoms with Crippen LogP contribution in [0.3, 0.4) is 0 Å².